The molecule has 0 saturated carbocycles. The smallest absolute Gasteiger partial charge is 0.355 e. The van der Waals surface area contributed by atoms with Crippen molar-refractivity contribution in [2.75, 3.05) is 13.2 Å². The molecular formula is C24H22FNO4. The second-order valence-electron chi connectivity index (χ2n) is 7.36. The Morgan fingerprint density at radius 3 is 2.53 bits per heavy atom. The third-order valence-electron chi connectivity index (χ3n) is 5.36. The number of rotatable bonds is 6. The summed E-state index contributed by atoms with van der Waals surface area (Å²) >= 11 is 0. The Hall–Kier alpha value is -3.41. The van der Waals surface area contributed by atoms with Gasteiger partial charge in [-0.1, -0.05) is 30.3 Å². The molecule has 30 heavy (non-hydrogen) atoms. The summed E-state index contributed by atoms with van der Waals surface area (Å²) in [6, 6.07) is 15.5. The van der Waals surface area contributed by atoms with Crippen LogP contribution in [-0.4, -0.2) is 30.0 Å². The number of carbonyl (C=O) groups excluding carboxylic acids is 2. The maximum absolute atomic E-state index is 13.2. The van der Waals surface area contributed by atoms with E-state index in [1.54, 1.807) is 19.1 Å². The largest absolute Gasteiger partial charge is 0.490 e. The number of para-hydroxylation sites is 1. The lowest BCUT2D eigenvalue weighted by Gasteiger charge is -2.22. The first-order valence-corrected chi connectivity index (χ1v) is 9.88. The van der Waals surface area contributed by atoms with Gasteiger partial charge in [-0.25, -0.2) is 9.18 Å². The molecule has 0 amide bonds. The van der Waals surface area contributed by atoms with E-state index < -0.39 is 5.97 Å². The van der Waals surface area contributed by atoms with Crippen molar-refractivity contribution in [1.29, 1.82) is 0 Å². The van der Waals surface area contributed by atoms with Crippen molar-refractivity contribution >= 4 is 11.8 Å². The fraction of sp³-hybridized carbons (Fsp3) is 0.250. The summed E-state index contributed by atoms with van der Waals surface area (Å²) in [5, 5.41) is 0. The number of Topliss-reactive ketones (excluding diaryl/α,β-unsaturated/α-hetero) is 1. The number of H-pyrrole nitrogens is 1. The molecule has 0 unspecified atom stereocenters. The quantitative estimate of drug-likeness (QED) is 0.479. The lowest BCUT2D eigenvalue weighted by molar-refractivity contribution is 0.0443. The van der Waals surface area contributed by atoms with E-state index in [1.165, 1.54) is 12.1 Å². The Balaban J connectivity index is 1.42. The van der Waals surface area contributed by atoms with Crippen molar-refractivity contribution < 1.29 is 23.5 Å². The number of hydrogen-bond acceptors (Lipinski definition) is 4. The van der Waals surface area contributed by atoms with Crippen molar-refractivity contribution in [3.8, 4) is 5.75 Å². The van der Waals surface area contributed by atoms with E-state index in [-0.39, 0.29) is 30.7 Å². The number of ketones is 1. The van der Waals surface area contributed by atoms with Gasteiger partial charge in [-0.2, -0.15) is 0 Å². The molecule has 1 aromatic heterocycles. The maximum atomic E-state index is 13.2. The van der Waals surface area contributed by atoms with Gasteiger partial charge in [0, 0.05) is 17.7 Å². The molecule has 154 valence electrons. The van der Waals surface area contributed by atoms with Crippen LogP contribution in [0.15, 0.2) is 54.6 Å². The molecule has 0 bridgehead atoms. The van der Waals surface area contributed by atoms with Gasteiger partial charge >= 0.3 is 5.97 Å². The van der Waals surface area contributed by atoms with Gasteiger partial charge in [0.1, 0.15) is 30.5 Å². The summed E-state index contributed by atoms with van der Waals surface area (Å²) in [6.07, 6.45) is 0.911. The van der Waals surface area contributed by atoms with Crippen molar-refractivity contribution in [2.45, 2.75) is 25.7 Å². The molecule has 1 N–H and O–H groups in total. The molecule has 1 aliphatic carbocycles. The van der Waals surface area contributed by atoms with E-state index in [2.05, 4.69) is 4.98 Å². The average Bonchev–Trinajstić information content (AvgIpc) is 3.09. The maximum Gasteiger partial charge on any atom is 0.355 e. The predicted molar refractivity (Wildman–Crippen MR) is 110 cm³/mol. The Labute approximate surface area is 173 Å². The normalized spacial score (nSPS) is 15.5. The second-order valence-corrected chi connectivity index (χ2v) is 7.36. The Bertz CT molecular complexity index is 1060. The highest BCUT2D eigenvalue weighted by atomic mass is 19.1. The van der Waals surface area contributed by atoms with Crippen LogP contribution in [0.3, 0.4) is 0 Å². The van der Waals surface area contributed by atoms with Crippen LogP contribution in [0, 0.1) is 12.7 Å². The van der Waals surface area contributed by atoms with Crippen LogP contribution < -0.4 is 4.74 Å². The molecular weight excluding hydrogens is 385 g/mol. The lowest BCUT2D eigenvalue weighted by atomic mass is 9.81. The molecule has 0 saturated heterocycles. The highest BCUT2D eigenvalue weighted by Gasteiger charge is 2.32. The first kappa shape index (κ1) is 19.9. The summed E-state index contributed by atoms with van der Waals surface area (Å²) in [6.45, 7) is 2.09. The van der Waals surface area contributed by atoms with Crippen LogP contribution >= 0.6 is 0 Å². The topological polar surface area (TPSA) is 68.4 Å². The minimum absolute atomic E-state index is 0.0224. The molecule has 0 spiro atoms. The molecule has 6 heteroatoms. The number of fused-ring (bicyclic) bond motifs is 1. The Kier molecular flexibility index (Phi) is 5.65. The number of aromatic amines is 1. The van der Waals surface area contributed by atoms with E-state index >= 15 is 0 Å². The number of carbonyl (C=O) groups is 2. The molecule has 5 nitrogen and oxygen atoms in total. The number of ether oxygens (including phenoxy) is 2. The summed E-state index contributed by atoms with van der Waals surface area (Å²) < 4.78 is 24.0. The van der Waals surface area contributed by atoms with Gasteiger partial charge < -0.3 is 14.5 Å². The zero-order valence-corrected chi connectivity index (χ0v) is 16.6. The molecule has 2 aromatic carbocycles. The zero-order valence-electron chi connectivity index (χ0n) is 16.6. The van der Waals surface area contributed by atoms with Crippen molar-refractivity contribution in [3.63, 3.8) is 0 Å². The summed E-state index contributed by atoms with van der Waals surface area (Å²) in [5.41, 5.74) is 3.12. The van der Waals surface area contributed by atoms with Crippen molar-refractivity contribution in [1.82, 2.24) is 4.98 Å². The number of halogens is 1. The summed E-state index contributed by atoms with van der Waals surface area (Å²) in [7, 11) is 0. The average molecular weight is 407 g/mol. The van der Waals surface area contributed by atoms with E-state index in [4.69, 9.17) is 9.47 Å². The van der Waals surface area contributed by atoms with E-state index in [1.807, 2.05) is 30.3 Å². The molecule has 0 aliphatic heterocycles. The van der Waals surface area contributed by atoms with Gasteiger partial charge in [0.2, 0.25) is 0 Å². The van der Waals surface area contributed by atoms with E-state index in [0.29, 0.717) is 35.4 Å². The standard InChI is InChI=1S/C24H22FNO4/c1-15-22-20(13-17(14-21(22)27)16-7-9-18(25)10-8-16)26-23(15)24(28)30-12-11-29-19-5-3-2-4-6-19/h2-10,17,26H,11-14H2,1H3/t17-/m0/s1. The Morgan fingerprint density at radius 1 is 1.07 bits per heavy atom. The van der Waals surface area contributed by atoms with Gasteiger partial charge in [0.05, 0.1) is 0 Å². The fourth-order valence-corrected chi connectivity index (χ4v) is 3.89. The zero-order chi connectivity index (χ0) is 21.1. The number of aromatic nitrogens is 1. The molecule has 1 heterocycles. The summed E-state index contributed by atoms with van der Waals surface area (Å²) in [4.78, 5) is 28.4. The van der Waals surface area contributed by atoms with Crippen molar-refractivity contribution in [3.05, 3.63) is 88.5 Å². The van der Waals surface area contributed by atoms with Crippen LogP contribution in [0.5, 0.6) is 5.75 Å². The lowest BCUT2D eigenvalue weighted by Crippen LogP contribution is -2.18. The molecule has 1 atom stereocenters. The first-order valence-electron chi connectivity index (χ1n) is 9.88. The number of esters is 1. The highest BCUT2D eigenvalue weighted by Crippen LogP contribution is 2.35. The number of benzene rings is 2. The van der Waals surface area contributed by atoms with Crippen LogP contribution in [0.4, 0.5) is 4.39 Å². The van der Waals surface area contributed by atoms with Crippen LogP contribution in [-0.2, 0) is 11.2 Å². The molecule has 1 aliphatic rings. The molecule has 3 aromatic rings. The Morgan fingerprint density at radius 2 is 1.80 bits per heavy atom. The SMILES string of the molecule is Cc1c(C(=O)OCCOc2ccccc2)[nH]c2c1C(=O)C[C@@H](c1ccc(F)cc1)C2. The van der Waals surface area contributed by atoms with Gasteiger partial charge in [-0.15, -0.1) is 0 Å². The fourth-order valence-electron chi connectivity index (χ4n) is 3.89. The second kappa shape index (κ2) is 8.53. The minimum Gasteiger partial charge on any atom is -0.490 e. The predicted octanol–water partition coefficient (Wildman–Crippen LogP) is 4.61. The molecule has 4 rings (SSSR count). The molecule has 0 radical (unpaired) electrons. The summed E-state index contributed by atoms with van der Waals surface area (Å²) in [5.74, 6) is -0.182. The van der Waals surface area contributed by atoms with Crippen LogP contribution in [0.25, 0.3) is 0 Å². The molecule has 0 fully saturated rings. The van der Waals surface area contributed by atoms with Crippen LogP contribution in [0.2, 0.25) is 0 Å². The monoisotopic (exact) mass is 407 g/mol. The van der Waals surface area contributed by atoms with E-state index in [0.717, 1.165) is 11.3 Å². The first-order chi connectivity index (χ1) is 14.5. The van der Waals surface area contributed by atoms with E-state index in [9.17, 15) is 14.0 Å². The minimum atomic E-state index is -0.510. The van der Waals surface area contributed by atoms with Gasteiger partial charge in [-0.3, -0.25) is 4.79 Å². The number of nitrogens with one attached hydrogen (secondary N) is 1. The van der Waals surface area contributed by atoms with Crippen molar-refractivity contribution in [2.24, 2.45) is 0 Å². The third-order valence-corrected chi connectivity index (χ3v) is 5.36. The van der Waals surface area contributed by atoms with Gasteiger partial charge in [-0.05, 0) is 54.7 Å². The third kappa shape index (κ3) is 4.13. The van der Waals surface area contributed by atoms with Gasteiger partial charge in [0.25, 0.3) is 0 Å². The van der Waals surface area contributed by atoms with Gasteiger partial charge in [0.15, 0.2) is 5.78 Å². The highest BCUT2D eigenvalue weighted by molar-refractivity contribution is 6.03. The number of hydrogen-bond donors (Lipinski definition) is 1. The van der Waals surface area contributed by atoms with Crippen LogP contribution in [0.1, 0.15) is 50.0 Å².